The highest BCUT2D eigenvalue weighted by Crippen LogP contribution is 2.32. The fourth-order valence-electron chi connectivity index (χ4n) is 1.93. The lowest BCUT2D eigenvalue weighted by Crippen LogP contribution is -2.41. The van der Waals surface area contributed by atoms with Gasteiger partial charge < -0.3 is 19.9 Å². The number of hydrogen-bond donors (Lipinski definition) is 2. The van der Waals surface area contributed by atoms with E-state index in [1.165, 1.54) is 0 Å². The van der Waals surface area contributed by atoms with Gasteiger partial charge in [-0.1, -0.05) is 6.07 Å². The van der Waals surface area contributed by atoms with Crippen LogP contribution in [0.15, 0.2) is 18.2 Å². The van der Waals surface area contributed by atoms with Gasteiger partial charge in [-0.15, -0.1) is 0 Å². The summed E-state index contributed by atoms with van der Waals surface area (Å²) in [5, 5.41) is 11.4. The highest BCUT2D eigenvalue weighted by atomic mass is 16.5. The smallest absolute Gasteiger partial charge is 0.303 e. The topological polar surface area (TPSA) is 84.9 Å². The van der Waals surface area contributed by atoms with Gasteiger partial charge in [-0.3, -0.25) is 9.59 Å². The molecule has 0 aliphatic rings. The summed E-state index contributed by atoms with van der Waals surface area (Å²) >= 11 is 0. The number of carboxylic acid groups (broad SMARTS) is 1. The molecule has 6 nitrogen and oxygen atoms in total. The van der Waals surface area contributed by atoms with E-state index in [1.54, 1.807) is 26.4 Å². The Kier molecular flexibility index (Phi) is 5.58. The van der Waals surface area contributed by atoms with Gasteiger partial charge in [0.05, 0.1) is 26.2 Å². The number of carbonyl (C=O) groups excluding carboxylic acids is 1. The van der Waals surface area contributed by atoms with Gasteiger partial charge in [-0.2, -0.15) is 0 Å². The van der Waals surface area contributed by atoms with Gasteiger partial charge in [-0.05, 0) is 31.5 Å². The number of rotatable bonds is 7. The first-order chi connectivity index (χ1) is 9.80. The Labute approximate surface area is 124 Å². The highest BCUT2D eigenvalue weighted by Gasteiger charge is 2.24. The van der Waals surface area contributed by atoms with Gasteiger partial charge in [0, 0.05) is 6.42 Å². The van der Waals surface area contributed by atoms with Gasteiger partial charge in [0.25, 0.3) is 0 Å². The van der Waals surface area contributed by atoms with Crippen molar-refractivity contribution in [1.29, 1.82) is 0 Å². The molecule has 1 aromatic rings. The zero-order valence-electron chi connectivity index (χ0n) is 12.7. The Bertz CT molecular complexity index is 525. The van der Waals surface area contributed by atoms with Crippen molar-refractivity contribution in [3.05, 3.63) is 23.8 Å². The lowest BCUT2D eigenvalue weighted by Gasteiger charge is -2.27. The number of ether oxygens (including phenoxy) is 2. The van der Waals surface area contributed by atoms with Gasteiger partial charge in [0.2, 0.25) is 5.91 Å². The molecule has 0 heterocycles. The van der Waals surface area contributed by atoms with Crippen LogP contribution in [0.3, 0.4) is 0 Å². The first kappa shape index (κ1) is 16.8. The van der Waals surface area contributed by atoms with Crippen molar-refractivity contribution in [1.82, 2.24) is 5.32 Å². The lowest BCUT2D eigenvalue weighted by atomic mass is 9.93. The van der Waals surface area contributed by atoms with Crippen molar-refractivity contribution in [2.75, 3.05) is 14.2 Å². The van der Waals surface area contributed by atoms with Crippen LogP contribution in [0, 0.1) is 0 Å². The first-order valence-corrected chi connectivity index (χ1v) is 6.55. The van der Waals surface area contributed by atoms with Crippen LogP contribution in [0.4, 0.5) is 0 Å². The van der Waals surface area contributed by atoms with Crippen LogP contribution < -0.4 is 14.8 Å². The van der Waals surface area contributed by atoms with E-state index in [9.17, 15) is 9.59 Å². The molecule has 0 aromatic heterocycles. The molecular formula is C15H21NO5. The van der Waals surface area contributed by atoms with Gasteiger partial charge in [0.1, 0.15) is 0 Å². The molecule has 1 amide bonds. The molecule has 1 aromatic carbocycles. The molecule has 0 radical (unpaired) electrons. The summed E-state index contributed by atoms with van der Waals surface area (Å²) in [4.78, 5) is 22.3. The zero-order chi connectivity index (χ0) is 16.0. The number of methoxy groups -OCH3 is 2. The first-order valence-electron chi connectivity index (χ1n) is 6.55. The largest absolute Gasteiger partial charge is 0.493 e. The summed E-state index contributed by atoms with van der Waals surface area (Å²) in [6, 6.07) is 5.38. The Morgan fingerprint density at radius 2 is 1.76 bits per heavy atom. The maximum Gasteiger partial charge on any atom is 0.303 e. The van der Waals surface area contributed by atoms with Crippen LogP contribution in [-0.2, 0) is 15.1 Å². The van der Waals surface area contributed by atoms with E-state index in [-0.39, 0.29) is 18.7 Å². The average Bonchev–Trinajstić information content (AvgIpc) is 2.43. The average molecular weight is 295 g/mol. The van der Waals surface area contributed by atoms with E-state index in [0.717, 1.165) is 5.56 Å². The van der Waals surface area contributed by atoms with Crippen molar-refractivity contribution >= 4 is 11.9 Å². The van der Waals surface area contributed by atoms with Crippen LogP contribution in [0.25, 0.3) is 0 Å². The van der Waals surface area contributed by atoms with Crippen molar-refractivity contribution in [3.8, 4) is 11.5 Å². The number of carbonyl (C=O) groups is 2. The third kappa shape index (κ3) is 4.66. The summed E-state index contributed by atoms with van der Waals surface area (Å²) in [5.74, 6) is -0.122. The predicted molar refractivity (Wildman–Crippen MR) is 77.6 cm³/mol. The van der Waals surface area contributed by atoms with Gasteiger partial charge in [0.15, 0.2) is 11.5 Å². The normalized spacial score (nSPS) is 10.9. The van der Waals surface area contributed by atoms with Crippen molar-refractivity contribution in [3.63, 3.8) is 0 Å². The van der Waals surface area contributed by atoms with Crippen LogP contribution in [0.1, 0.15) is 32.3 Å². The molecule has 21 heavy (non-hydrogen) atoms. The molecule has 0 saturated carbocycles. The predicted octanol–water partition coefficient (Wildman–Crippen LogP) is 1.92. The molecule has 0 fully saturated rings. The Morgan fingerprint density at radius 3 is 2.29 bits per heavy atom. The monoisotopic (exact) mass is 295 g/mol. The van der Waals surface area contributed by atoms with Crippen molar-refractivity contribution < 1.29 is 24.2 Å². The van der Waals surface area contributed by atoms with E-state index in [1.807, 2.05) is 19.9 Å². The van der Waals surface area contributed by atoms with E-state index in [2.05, 4.69) is 5.32 Å². The molecular weight excluding hydrogens is 274 g/mol. The minimum absolute atomic E-state index is 0.0496. The maximum absolute atomic E-state index is 11.8. The molecule has 2 N–H and O–H groups in total. The zero-order valence-corrected chi connectivity index (χ0v) is 12.7. The molecule has 0 spiro atoms. The van der Waals surface area contributed by atoms with Crippen molar-refractivity contribution in [2.45, 2.75) is 32.2 Å². The van der Waals surface area contributed by atoms with Crippen molar-refractivity contribution in [2.24, 2.45) is 0 Å². The summed E-state index contributed by atoms with van der Waals surface area (Å²) in [6.45, 7) is 3.68. The number of carboxylic acids is 1. The molecule has 0 bridgehead atoms. The van der Waals surface area contributed by atoms with E-state index in [0.29, 0.717) is 11.5 Å². The molecule has 0 aliphatic carbocycles. The third-order valence-electron chi connectivity index (χ3n) is 3.12. The summed E-state index contributed by atoms with van der Waals surface area (Å²) in [7, 11) is 3.09. The molecule has 0 unspecified atom stereocenters. The summed E-state index contributed by atoms with van der Waals surface area (Å²) < 4.78 is 10.4. The molecule has 0 saturated heterocycles. The number of aliphatic carboxylic acids is 1. The maximum atomic E-state index is 11.8. The number of amides is 1. The highest BCUT2D eigenvalue weighted by molar-refractivity contribution is 5.81. The lowest BCUT2D eigenvalue weighted by molar-refractivity contribution is -0.139. The molecule has 6 heteroatoms. The standard InChI is InChI=1S/C15H21NO5/c1-15(2,16-13(17)7-8-14(18)19)10-5-6-11(20-3)12(9-10)21-4/h5-6,9H,7-8H2,1-4H3,(H,16,17)(H,18,19). The van der Waals surface area contributed by atoms with E-state index >= 15 is 0 Å². The molecule has 116 valence electrons. The second-order valence-electron chi connectivity index (χ2n) is 5.14. The molecule has 1 rings (SSSR count). The fraction of sp³-hybridized carbons (Fsp3) is 0.467. The molecule has 0 atom stereocenters. The van der Waals surface area contributed by atoms with E-state index < -0.39 is 11.5 Å². The minimum atomic E-state index is -0.992. The Hall–Kier alpha value is -2.24. The second-order valence-corrected chi connectivity index (χ2v) is 5.14. The Balaban J connectivity index is 2.86. The third-order valence-corrected chi connectivity index (χ3v) is 3.12. The van der Waals surface area contributed by atoms with Crippen LogP contribution in [-0.4, -0.2) is 31.2 Å². The van der Waals surface area contributed by atoms with E-state index in [4.69, 9.17) is 14.6 Å². The van der Waals surface area contributed by atoms with Crippen LogP contribution in [0.2, 0.25) is 0 Å². The Morgan fingerprint density at radius 1 is 1.14 bits per heavy atom. The second kappa shape index (κ2) is 6.97. The minimum Gasteiger partial charge on any atom is -0.493 e. The van der Waals surface area contributed by atoms with Gasteiger partial charge >= 0.3 is 5.97 Å². The summed E-state index contributed by atoms with van der Waals surface area (Å²) in [5.41, 5.74) is 0.193. The number of hydrogen-bond acceptors (Lipinski definition) is 4. The quantitative estimate of drug-likeness (QED) is 0.802. The number of nitrogens with one attached hydrogen (secondary N) is 1. The van der Waals surface area contributed by atoms with Crippen LogP contribution >= 0.6 is 0 Å². The summed E-state index contributed by atoms with van der Waals surface area (Å²) in [6.07, 6.45) is -0.236. The fourth-order valence-corrected chi connectivity index (χ4v) is 1.93. The van der Waals surface area contributed by atoms with Crippen LogP contribution in [0.5, 0.6) is 11.5 Å². The SMILES string of the molecule is COc1ccc(C(C)(C)NC(=O)CCC(=O)O)cc1OC. The molecule has 0 aliphatic heterocycles. The van der Waals surface area contributed by atoms with Gasteiger partial charge in [-0.25, -0.2) is 0 Å². The number of benzene rings is 1.